The molecule has 0 aliphatic heterocycles. The van der Waals surface area contributed by atoms with E-state index in [2.05, 4.69) is 10.4 Å². The molecule has 4 heteroatoms. The van der Waals surface area contributed by atoms with Gasteiger partial charge in [0, 0.05) is 24.3 Å². The summed E-state index contributed by atoms with van der Waals surface area (Å²) < 4.78 is 15.5. The summed E-state index contributed by atoms with van der Waals surface area (Å²) in [7, 11) is 0. The van der Waals surface area contributed by atoms with Gasteiger partial charge in [-0.05, 0) is 43.2 Å². The molecule has 3 rings (SSSR count). The molecular formula is C17H18FN3. The van der Waals surface area contributed by atoms with Gasteiger partial charge in [-0.1, -0.05) is 18.2 Å². The summed E-state index contributed by atoms with van der Waals surface area (Å²) in [6.45, 7) is 4.51. The van der Waals surface area contributed by atoms with E-state index in [0.717, 1.165) is 16.6 Å². The van der Waals surface area contributed by atoms with E-state index in [0.29, 0.717) is 12.1 Å². The molecule has 0 aliphatic rings. The monoisotopic (exact) mass is 283 g/mol. The SMILES string of the molecule is Cc1ccc(C(C)NCc2cnn3ccccc23)cc1F. The first-order chi connectivity index (χ1) is 10.1. The van der Waals surface area contributed by atoms with Gasteiger partial charge in [-0.15, -0.1) is 0 Å². The highest BCUT2D eigenvalue weighted by atomic mass is 19.1. The zero-order valence-corrected chi connectivity index (χ0v) is 12.2. The van der Waals surface area contributed by atoms with Gasteiger partial charge in [-0.2, -0.15) is 5.10 Å². The first-order valence-electron chi connectivity index (χ1n) is 7.06. The van der Waals surface area contributed by atoms with Crippen molar-refractivity contribution in [3.05, 3.63) is 71.3 Å². The van der Waals surface area contributed by atoms with E-state index < -0.39 is 0 Å². The maximum absolute atomic E-state index is 13.6. The van der Waals surface area contributed by atoms with Crippen molar-refractivity contribution in [2.75, 3.05) is 0 Å². The van der Waals surface area contributed by atoms with Crippen LogP contribution in [0, 0.1) is 12.7 Å². The second-order valence-corrected chi connectivity index (χ2v) is 5.31. The molecule has 1 N–H and O–H groups in total. The number of rotatable bonds is 4. The van der Waals surface area contributed by atoms with Crippen LogP contribution in [0.3, 0.4) is 0 Å². The predicted molar refractivity (Wildman–Crippen MR) is 81.6 cm³/mol. The van der Waals surface area contributed by atoms with E-state index in [9.17, 15) is 4.39 Å². The lowest BCUT2D eigenvalue weighted by atomic mass is 10.1. The molecule has 0 fully saturated rings. The lowest BCUT2D eigenvalue weighted by Gasteiger charge is -2.14. The Morgan fingerprint density at radius 1 is 1.29 bits per heavy atom. The molecule has 108 valence electrons. The summed E-state index contributed by atoms with van der Waals surface area (Å²) >= 11 is 0. The average molecular weight is 283 g/mol. The summed E-state index contributed by atoms with van der Waals surface area (Å²) in [6, 6.07) is 11.5. The van der Waals surface area contributed by atoms with E-state index >= 15 is 0 Å². The third-order valence-corrected chi connectivity index (χ3v) is 3.80. The van der Waals surface area contributed by atoms with Gasteiger partial charge in [-0.25, -0.2) is 8.91 Å². The number of hydrogen-bond donors (Lipinski definition) is 1. The topological polar surface area (TPSA) is 29.3 Å². The normalized spacial score (nSPS) is 12.7. The number of nitrogens with zero attached hydrogens (tertiary/aromatic N) is 2. The lowest BCUT2D eigenvalue weighted by molar-refractivity contribution is 0.564. The molecule has 3 nitrogen and oxygen atoms in total. The molecule has 0 saturated carbocycles. The summed E-state index contributed by atoms with van der Waals surface area (Å²) in [5.74, 6) is -0.155. The molecule has 21 heavy (non-hydrogen) atoms. The number of halogens is 1. The average Bonchev–Trinajstić information content (AvgIpc) is 2.91. The van der Waals surface area contributed by atoms with Crippen molar-refractivity contribution in [3.63, 3.8) is 0 Å². The van der Waals surface area contributed by atoms with E-state index in [4.69, 9.17) is 0 Å². The number of fused-ring (bicyclic) bond motifs is 1. The first-order valence-corrected chi connectivity index (χ1v) is 7.06. The Hall–Kier alpha value is -2.20. The van der Waals surface area contributed by atoms with Crippen molar-refractivity contribution in [1.82, 2.24) is 14.9 Å². The molecule has 0 saturated heterocycles. The first kappa shape index (κ1) is 13.8. The van der Waals surface area contributed by atoms with Crippen LogP contribution in [-0.2, 0) is 6.54 Å². The Balaban J connectivity index is 1.73. The molecule has 0 radical (unpaired) electrons. The van der Waals surface area contributed by atoms with Gasteiger partial charge >= 0.3 is 0 Å². The molecule has 0 bridgehead atoms. The predicted octanol–water partition coefficient (Wildman–Crippen LogP) is 3.63. The van der Waals surface area contributed by atoms with Gasteiger partial charge in [-0.3, -0.25) is 0 Å². The molecule has 1 unspecified atom stereocenters. The molecule has 2 aromatic heterocycles. The molecular weight excluding hydrogens is 265 g/mol. The molecule has 0 amide bonds. The van der Waals surface area contributed by atoms with Crippen LogP contribution < -0.4 is 5.32 Å². The molecule has 2 heterocycles. The summed E-state index contributed by atoms with van der Waals surface area (Å²) in [5, 5.41) is 7.73. The van der Waals surface area contributed by atoms with Crippen LogP contribution in [0.4, 0.5) is 4.39 Å². The van der Waals surface area contributed by atoms with Crippen molar-refractivity contribution in [3.8, 4) is 0 Å². The number of hydrogen-bond acceptors (Lipinski definition) is 2. The quantitative estimate of drug-likeness (QED) is 0.792. The highest BCUT2D eigenvalue weighted by Crippen LogP contribution is 2.17. The zero-order chi connectivity index (χ0) is 14.8. The standard InChI is InChI=1S/C17H18FN3/c1-12-6-7-14(9-16(12)18)13(2)19-10-15-11-20-21-8-4-3-5-17(15)21/h3-9,11,13,19H,10H2,1-2H3. The fourth-order valence-electron chi connectivity index (χ4n) is 2.38. The van der Waals surface area contributed by atoms with E-state index in [1.807, 2.05) is 54.2 Å². The molecule has 1 aromatic carbocycles. The second-order valence-electron chi connectivity index (χ2n) is 5.31. The Labute approximate surface area is 123 Å². The largest absolute Gasteiger partial charge is 0.306 e. The maximum atomic E-state index is 13.6. The van der Waals surface area contributed by atoms with Crippen molar-refractivity contribution in [1.29, 1.82) is 0 Å². The van der Waals surface area contributed by atoms with Gasteiger partial charge < -0.3 is 5.32 Å². The molecule has 1 atom stereocenters. The van der Waals surface area contributed by atoms with Gasteiger partial charge in [0.25, 0.3) is 0 Å². The van der Waals surface area contributed by atoms with Gasteiger partial charge in [0.15, 0.2) is 0 Å². The Bertz CT molecular complexity index is 764. The number of aryl methyl sites for hydroxylation is 1. The minimum absolute atomic E-state index is 0.0822. The number of pyridine rings is 1. The summed E-state index contributed by atoms with van der Waals surface area (Å²) in [6.07, 6.45) is 3.79. The highest BCUT2D eigenvalue weighted by Gasteiger charge is 2.09. The van der Waals surface area contributed by atoms with Gasteiger partial charge in [0.2, 0.25) is 0 Å². The highest BCUT2D eigenvalue weighted by molar-refractivity contribution is 5.53. The van der Waals surface area contributed by atoms with Crippen LogP contribution >= 0.6 is 0 Å². The van der Waals surface area contributed by atoms with Crippen molar-refractivity contribution in [2.24, 2.45) is 0 Å². The van der Waals surface area contributed by atoms with Crippen LogP contribution in [0.25, 0.3) is 5.52 Å². The minimum Gasteiger partial charge on any atom is -0.306 e. The fourth-order valence-corrected chi connectivity index (χ4v) is 2.38. The van der Waals surface area contributed by atoms with Crippen LogP contribution in [0.1, 0.15) is 29.7 Å². The molecule has 0 aliphatic carbocycles. The van der Waals surface area contributed by atoms with Gasteiger partial charge in [0.05, 0.1) is 11.7 Å². The van der Waals surface area contributed by atoms with E-state index in [-0.39, 0.29) is 11.9 Å². The second kappa shape index (κ2) is 5.66. The fraction of sp³-hybridized carbons (Fsp3) is 0.235. The van der Waals surface area contributed by atoms with Crippen molar-refractivity contribution < 1.29 is 4.39 Å². The van der Waals surface area contributed by atoms with Crippen LogP contribution in [0.2, 0.25) is 0 Å². The Morgan fingerprint density at radius 3 is 2.95 bits per heavy atom. The summed E-state index contributed by atoms with van der Waals surface area (Å²) in [5.41, 5.74) is 3.85. The molecule has 3 aromatic rings. The zero-order valence-electron chi connectivity index (χ0n) is 12.2. The smallest absolute Gasteiger partial charge is 0.126 e. The summed E-state index contributed by atoms with van der Waals surface area (Å²) in [4.78, 5) is 0. The Kier molecular flexibility index (Phi) is 3.71. The Morgan fingerprint density at radius 2 is 2.14 bits per heavy atom. The van der Waals surface area contributed by atoms with Gasteiger partial charge in [0.1, 0.15) is 5.82 Å². The van der Waals surface area contributed by atoms with Crippen LogP contribution in [0.5, 0.6) is 0 Å². The maximum Gasteiger partial charge on any atom is 0.126 e. The molecule has 0 spiro atoms. The van der Waals surface area contributed by atoms with E-state index in [1.165, 1.54) is 0 Å². The van der Waals surface area contributed by atoms with E-state index in [1.54, 1.807) is 13.0 Å². The van der Waals surface area contributed by atoms with Crippen LogP contribution in [0.15, 0.2) is 48.8 Å². The number of benzene rings is 1. The number of aromatic nitrogens is 2. The third kappa shape index (κ3) is 2.81. The van der Waals surface area contributed by atoms with Crippen LogP contribution in [-0.4, -0.2) is 9.61 Å². The third-order valence-electron chi connectivity index (χ3n) is 3.80. The number of nitrogens with one attached hydrogen (secondary N) is 1. The van der Waals surface area contributed by atoms with Crippen molar-refractivity contribution in [2.45, 2.75) is 26.4 Å². The van der Waals surface area contributed by atoms with Crippen molar-refractivity contribution >= 4 is 5.52 Å². The lowest BCUT2D eigenvalue weighted by Crippen LogP contribution is -2.18. The minimum atomic E-state index is -0.155.